The van der Waals surface area contributed by atoms with Gasteiger partial charge in [0.1, 0.15) is 0 Å². The maximum Gasteiger partial charge on any atom is 0.297 e. The van der Waals surface area contributed by atoms with E-state index in [0.717, 1.165) is 0 Å². The summed E-state index contributed by atoms with van der Waals surface area (Å²) in [5.41, 5.74) is 2.23. The Labute approximate surface area is 202 Å². The Morgan fingerprint density at radius 2 is 1.20 bits per heavy atom. The van der Waals surface area contributed by atoms with Gasteiger partial charge in [0, 0.05) is 35.7 Å². The largest absolute Gasteiger partial charge is 0.352 e. The van der Waals surface area contributed by atoms with Gasteiger partial charge in [0.2, 0.25) is 0 Å². The molecule has 2 aromatic carbocycles. The van der Waals surface area contributed by atoms with Crippen LogP contribution in [0.3, 0.4) is 0 Å². The summed E-state index contributed by atoms with van der Waals surface area (Å²) in [5, 5.41) is 1.24. The van der Waals surface area contributed by atoms with E-state index in [2.05, 4.69) is 9.97 Å². The minimum atomic E-state index is -4.20. The highest BCUT2D eigenvalue weighted by Crippen LogP contribution is 2.22. The average Bonchev–Trinajstić information content (AvgIpc) is 3.36. The zero-order valence-electron chi connectivity index (χ0n) is 19.3. The van der Waals surface area contributed by atoms with Crippen molar-refractivity contribution in [3.8, 4) is 0 Å². The van der Waals surface area contributed by atoms with Crippen molar-refractivity contribution < 1.29 is 35.2 Å². The van der Waals surface area contributed by atoms with Crippen LogP contribution in [0.2, 0.25) is 0 Å². The number of H-pyrrole nitrogens is 2. The van der Waals surface area contributed by atoms with Gasteiger partial charge in [-0.1, -0.05) is 0 Å². The van der Waals surface area contributed by atoms with Gasteiger partial charge in [-0.15, -0.1) is 0 Å². The molecule has 4 aromatic rings. The lowest BCUT2D eigenvalue weighted by molar-refractivity contribution is 0.100. The maximum absolute atomic E-state index is 11.9. The molecule has 0 unspecified atom stereocenters. The Balaban J connectivity index is 0.000000198. The molecule has 0 saturated carbocycles. The first-order valence-corrected chi connectivity index (χ1v) is 13.2. The molecule has 3 N–H and O–H groups in total. The highest BCUT2D eigenvalue weighted by atomic mass is 32.2. The molecule has 10 nitrogen and oxygen atoms in total. The second-order valence-electron chi connectivity index (χ2n) is 8.05. The lowest BCUT2D eigenvalue weighted by atomic mass is 10.2. The van der Waals surface area contributed by atoms with Crippen LogP contribution in [0.5, 0.6) is 0 Å². The summed E-state index contributed by atoms with van der Waals surface area (Å²) < 4.78 is 59.4. The topological polar surface area (TPSA) is 163 Å². The zero-order chi connectivity index (χ0) is 26.1. The number of hydrogen-bond donors (Lipinski definition) is 3. The van der Waals surface area contributed by atoms with Gasteiger partial charge in [-0.25, -0.2) is 0 Å². The standard InChI is InChI=1S/C13H15NO4S.C10H9NO4S/c1-8(2)18-19(16,17)11-4-5-12-10(6-11)7-13(14-12)9(3)15;1-6(12)10-5-7-4-8(16(13,14)15)2-3-9(7)11-10/h4-8,14H,1-3H3;2-5,11H,1H3,(H,13,14,15). The number of benzene rings is 2. The molecule has 0 aliphatic carbocycles. The molecule has 0 spiro atoms. The lowest BCUT2D eigenvalue weighted by Gasteiger charge is -2.08. The predicted molar refractivity (Wildman–Crippen MR) is 130 cm³/mol. The van der Waals surface area contributed by atoms with Gasteiger partial charge in [0.15, 0.2) is 11.6 Å². The second kappa shape index (κ2) is 9.74. The Morgan fingerprint density at radius 1 is 0.771 bits per heavy atom. The molecule has 0 fully saturated rings. The average molecular weight is 521 g/mol. The highest BCUT2D eigenvalue weighted by Gasteiger charge is 2.18. The molecule has 0 aliphatic heterocycles. The molecule has 2 aromatic heterocycles. The van der Waals surface area contributed by atoms with Crippen molar-refractivity contribution in [3.05, 3.63) is 59.9 Å². The molecule has 0 aliphatic rings. The number of hydrogen-bond acceptors (Lipinski definition) is 7. The molecular formula is C23H24N2O8S2. The van der Waals surface area contributed by atoms with Crippen molar-refractivity contribution in [1.82, 2.24) is 9.97 Å². The minimum Gasteiger partial charge on any atom is -0.352 e. The molecule has 186 valence electrons. The van der Waals surface area contributed by atoms with Crippen LogP contribution in [0.25, 0.3) is 21.8 Å². The smallest absolute Gasteiger partial charge is 0.297 e. The summed E-state index contributed by atoms with van der Waals surface area (Å²) >= 11 is 0. The number of ketones is 2. The van der Waals surface area contributed by atoms with Crippen LogP contribution in [0, 0.1) is 0 Å². The summed E-state index contributed by atoms with van der Waals surface area (Å²) in [6.45, 7) is 6.17. The third kappa shape index (κ3) is 6.22. The fraction of sp³-hybridized carbons (Fsp3) is 0.217. The van der Waals surface area contributed by atoms with Crippen molar-refractivity contribution in [1.29, 1.82) is 0 Å². The van der Waals surface area contributed by atoms with E-state index in [1.165, 1.54) is 44.2 Å². The fourth-order valence-corrected chi connectivity index (χ4v) is 4.87. The number of rotatable bonds is 6. The number of aromatic amines is 2. The molecule has 0 amide bonds. The van der Waals surface area contributed by atoms with Gasteiger partial charge < -0.3 is 9.97 Å². The first-order valence-electron chi connectivity index (χ1n) is 10.4. The molecule has 2 heterocycles. The van der Waals surface area contributed by atoms with Crippen LogP contribution in [0.15, 0.2) is 58.3 Å². The summed E-state index contributed by atoms with van der Waals surface area (Å²) in [7, 11) is -7.96. The monoisotopic (exact) mass is 520 g/mol. The van der Waals surface area contributed by atoms with Gasteiger partial charge in [-0.3, -0.25) is 18.3 Å². The first-order chi connectivity index (χ1) is 16.2. The van der Waals surface area contributed by atoms with E-state index in [4.69, 9.17) is 8.74 Å². The second-order valence-corrected chi connectivity index (χ2v) is 11.0. The van der Waals surface area contributed by atoms with Crippen molar-refractivity contribution in [2.24, 2.45) is 0 Å². The molecule has 12 heteroatoms. The molecular weight excluding hydrogens is 496 g/mol. The van der Waals surface area contributed by atoms with Crippen molar-refractivity contribution in [2.45, 2.75) is 43.6 Å². The lowest BCUT2D eigenvalue weighted by Crippen LogP contribution is -2.12. The van der Waals surface area contributed by atoms with Gasteiger partial charge in [0.25, 0.3) is 20.2 Å². The predicted octanol–water partition coefficient (Wildman–Crippen LogP) is 4.10. The molecule has 0 saturated heterocycles. The summed E-state index contributed by atoms with van der Waals surface area (Å²) in [6.07, 6.45) is -0.417. The number of carbonyl (C=O) groups is 2. The van der Waals surface area contributed by atoms with Crippen LogP contribution < -0.4 is 0 Å². The van der Waals surface area contributed by atoms with E-state index < -0.39 is 26.3 Å². The highest BCUT2D eigenvalue weighted by molar-refractivity contribution is 7.86. The maximum atomic E-state index is 11.9. The number of carbonyl (C=O) groups excluding carboxylic acids is 2. The minimum absolute atomic E-state index is 0.0859. The van der Waals surface area contributed by atoms with E-state index in [-0.39, 0.29) is 21.4 Å². The van der Waals surface area contributed by atoms with Gasteiger partial charge >= 0.3 is 0 Å². The van der Waals surface area contributed by atoms with Crippen LogP contribution in [0.4, 0.5) is 0 Å². The van der Waals surface area contributed by atoms with E-state index in [9.17, 15) is 26.4 Å². The quantitative estimate of drug-likeness (QED) is 0.194. The normalized spacial score (nSPS) is 12.1. The molecule has 0 bridgehead atoms. The van der Waals surface area contributed by atoms with Gasteiger partial charge in [-0.05, 0) is 62.4 Å². The van der Waals surface area contributed by atoms with Crippen molar-refractivity contribution in [2.75, 3.05) is 0 Å². The Kier molecular flexibility index (Phi) is 7.31. The third-order valence-electron chi connectivity index (χ3n) is 4.85. The number of aromatic nitrogens is 2. The van der Waals surface area contributed by atoms with Crippen LogP contribution in [-0.2, 0) is 24.4 Å². The van der Waals surface area contributed by atoms with Gasteiger partial charge in [-0.2, -0.15) is 16.8 Å². The SMILES string of the molecule is CC(=O)c1cc2cc(S(=O)(=O)O)ccc2[nH]1.CC(=O)c1cc2cc(S(=O)(=O)OC(C)C)ccc2[nH]1. The Morgan fingerprint density at radius 3 is 1.60 bits per heavy atom. The van der Waals surface area contributed by atoms with E-state index in [1.807, 2.05) is 0 Å². The van der Waals surface area contributed by atoms with E-state index in [1.54, 1.807) is 32.0 Å². The molecule has 0 radical (unpaired) electrons. The Bertz CT molecular complexity index is 1650. The summed E-state index contributed by atoms with van der Waals surface area (Å²) in [6, 6.07) is 11.9. The number of nitrogens with one attached hydrogen (secondary N) is 2. The molecule has 35 heavy (non-hydrogen) atoms. The third-order valence-corrected chi connectivity index (χ3v) is 7.17. The summed E-state index contributed by atoms with van der Waals surface area (Å²) in [4.78, 5) is 28.0. The van der Waals surface area contributed by atoms with E-state index in [0.29, 0.717) is 33.2 Å². The van der Waals surface area contributed by atoms with Crippen LogP contribution in [-0.4, -0.2) is 49.0 Å². The molecule has 0 atom stereocenters. The number of Topliss-reactive ketones (excluding diaryl/α,β-unsaturated/α-hetero) is 2. The fourth-order valence-electron chi connectivity index (χ4n) is 3.23. The van der Waals surface area contributed by atoms with E-state index >= 15 is 0 Å². The number of fused-ring (bicyclic) bond motifs is 2. The summed E-state index contributed by atoms with van der Waals surface area (Å²) in [5.74, 6) is -0.233. The van der Waals surface area contributed by atoms with Crippen molar-refractivity contribution in [3.63, 3.8) is 0 Å². The molecule has 4 rings (SSSR count). The van der Waals surface area contributed by atoms with Crippen molar-refractivity contribution >= 4 is 53.6 Å². The Hall–Kier alpha value is -3.32. The zero-order valence-corrected chi connectivity index (χ0v) is 21.0. The first kappa shape index (κ1) is 26.3. The van der Waals surface area contributed by atoms with Crippen LogP contribution >= 0.6 is 0 Å². The van der Waals surface area contributed by atoms with Crippen LogP contribution in [0.1, 0.15) is 48.7 Å². The van der Waals surface area contributed by atoms with Gasteiger partial charge in [0.05, 0.1) is 27.3 Å².